The van der Waals surface area contributed by atoms with Crippen LogP contribution in [0.25, 0.3) is 10.9 Å². The summed E-state index contributed by atoms with van der Waals surface area (Å²) in [7, 11) is -1.56. The van der Waals surface area contributed by atoms with Gasteiger partial charge < -0.3 is 14.6 Å². The number of nitrogens with one attached hydrogen (secondary N) is 1. The molecule has 0 saturated heterocycles. The van der Waals surface area contributed by atoms with Crippen LogP contribution in [0.1, 0.15) is 0 Å². The number of hydrogen-bond donors (Lipinski definition) is 1. The Morgan fingerprint density at radius 2 is 2.23 bits per heavy atom. The molecule has 0 spiro atoms. The predicted octanol–water partition coefficient (Wildman–Crippen LogP) is 1.08. The van der Waals surface area contributed by atoms with Gasteiger partial charge in [0, 0.05) is 22.5 Å². The number of carbonyl (C=O) groups excluding carboxylic acids is 1. The van der Waals surface area contributed by atoms with Crippen LogP contribution in [0.4, 0.5) is 0 Å². The molecule has 1 aromatic carbocycles. The Bertz CT molecular complexity index is 852. The van der Waals surface area contributed by atoms with E-state index in [9.17, 15) is 13.2 Å². The lowest BCUT2D eigenvalue weighted by Crippen LogP contribution is -2.37. The molecule has 116 valence electrons. The second-order valence-electron chi connectivity index (χ2n) is 5.20. The van der Waals surface area contributed by atoms with Crippen LogP contribution in [0.5, 0.6) is 5.75 Å². The third-order valence-electron chi connectivity index (χ3n) is 3.57. The number of hydrogen-bond acceptors (Lipinski definition) is 4. The quantitative estimate of drug-likeness (QED) is 0.914. The van der Waals surface area contributed by atoms with Gasteiger partial charge in [0.05, 0.1) is 18.9 Å². The van der Waals surface area contributed by atoms with Crippen molar-refractivity contribution >= 4 is 26.6 Å². The molecule has 0 saturated carbocycles. The van der Waals surface area contributed by atoms with Gasteiger partial charge in [0.15, 0.2) is 9.84 Å². The summed E-state index contributed by atoms with van der Waals surface area (Å²) in [6.07, 6.45) is 3.33. The van der Waals surface area contributed by atoms with Crippen LogP contribution in [-0.4, -0.2) is 37.8 Å². The molecule has 1 aliphatic rings. The zero-order chi connectivity index (χ0) is 15.7. The van der Waals surface area contributed by atoms with Gasteiger partial charge in [-0.1, -0.05) is 0 Å². The molecule has 6 nitrogen and oxygen atoms in total. The number of sulfone groups is 1. The molecule has 0 fully saturated rings. The van der Waals surface area contributed by atoms with Crippen molar-refractivity contribution < 1.29 is 17.9 Å². The van der Waals surface area contributed by atoms with Crippen molar-refractivity contribution in [2.75, 3.05) is 12.9 Å². The fourth-order valence-electron chi connectivity index (χ4n) is 2.52. The minimum Gasteiger partial charge on any atom is -0.497 e. The molecule has 0 bridgehead atoms. The van der Waals surface area contributed by atoms with E-state index in [-0.39, 0.29) is 18.2 Å². The maximum absolute atomic E-state index is 12.1. The molecule has 0 aliphatic carbocycles. The first-order chi connectivity index (χ1) is 10.5. The minimum absolute atomic E-state index is 0.0671. The van der Waals surface area contributed by atoms with Gasteiger partial charge in [0.2, 0.25) is 5.91 Å². The largest absolute Gasteiger partial charge is 0.497 e. The van der Waals surface area contributed by atoms with Gasteiger partial charge in [-0.15, -0.1) is 0 Å². The van der Waals surface area contributed by atoms with E-state index in [0.29, 0.717) is 0 Å². The number of methoxy groups -OCH3 is 1. The van der Waals surface area contributed by atoms with Crippen LogP contribution < -0.4 is 10.1 Å². The zero-order valence-corrected chi connectivity index (χ0v) is 12.8. The van der Waals surface area contributed by atoms with Crippen LogP contribution in [0.15, 0.2) is 41.9 Å². The number of benzene rings is 1. The lowest BCUT2D eigenvalue weighted by atomic mass is 10.2. The molecule has 0 radical (unpaired) electrons. The highest BCUT2D eigenvalue weighted by Crippen LogP contribution is 2.21. The second-order valence-corrected chi connectivity index (χ2v) is 7.13. The second kappa shape index (κ2) is 5.49. The van der Waals surface area contributed by atoms with Gasteiger partial charge in [-0.05, 0) is 30.3 Å². The van der Waals surface area contributed by atoms with Gasteiger partial charge in [-0.3, -0.25) is 4.79 Å². The summed E-state index contributed by atoms with van der Waals surface area (Å²) >= 11 is 0. The van der Waals surface area contributed by atoms with Crippen molar-refractivity contribution in [2.45, 2.75) is 12.6 Å². The van der Waals surface area contributed by atoms with Crippen LogP contribution in [0.2, 0.25) is 0 Å². The first-order valence-electron chi connectivity index (χ1n) is 6.80. The number of fused-ring (bicyclic) bond motifs is 1. The summed E-state index contributed by atoms with van der Waals surface area (Å²) in [6.45, 7) is 0.139. The number of rotatable bonds is 4. The molecule has 22 heavy (non-hydrogen) atoms. The normalized spacial score (nSPS) is 19.4. The van der Waals surface area contributed by atoms with E-state index >= 15 is 0 Å². The lowest BCUT2D eigenvalue weighted by molar-refractivity contribution is -0.121. The van der Waals surface area contributed by atoms with E-state index in [4.69, 9.17) is 4.74 Å². The molecule has 7 heteroatoms. The van der Waals surface area contributed by atoms with Gasteiger partial charge in [0.25, 0.3) is 0 Å². The predicted molar refractivity (Wildman–Crippen MR) is 83.3 cm³/mol. The third kappa shape index (κ3) is 2.99. The molecule has 1 aliphatic heterocycles. The van der Waals surface area contributed by atoms with Crippen molar-refractivity contribution in [3.63, 3.8) is 0 Å². The Kier molecular flexibility index (Phi) is 3.66. The van der Waals surface area contributed by atoms with E-state index < -0.39 is 15.9 Å². The summed E-state index contributed by atoms with van der Waals surface area (Å²) in [5.74, 6) is 0.471. The first-order valence-corrected chi connectivity index (χ1v) is 8.51. The van der Waals surface area contributed by atoms with Gasteiger partial charge in [0.1, 0.15) is 12.3 Å². The average molecular weight is 320 g/mol. The number of aromatic nitrogens is 1. The van der Waals surface area contributed by atoms with Crippen molar-refractivity contribution in [2.24, 2.45) is 0 Å². The monoisotopic (exact) mass is 320 g/mol. The SMILES string of the molecule is COc1ccc2c(ccn2CC(=O)N[C@H]2C=CS(=O)(=O)C2)c1. The summed E-state index contributed by atoms with van der Waals surface area (Å²) < 4.78 is 29.6. The number of ether oxygens (including phenoxy) is 1. The van der Waals surface area contributed by atoms with Crippen LogP contribution in [-0.2, 0) is 21.2 Å². The highest BCUT2D eigenvalue weighted by molar-refractivity contribution is 7.94. The first kappa shape index (κ1) is 14.6. The molecule has 1 amide bonds. The fraction of sp³-hybridized carbons (Fsp3) is 0.267. The maximum Gasteiger partial charge on any atom is 0.240 e. The third-order valence-corrected chi connectivity index (χ3v) is 4.96. The Morgan fingerprint density at radius 1 is 1.41 bits per heavy atom. The van der Waals surface area contributed by atoms with Crippen molar-refractivity contribution in [1.82, 2.24) is 9.88 Å². The number of amides is 1. The molecule has 1 N–H and O–H groups in total. The van der Waals surface area contributed by atoms with Crippen LogP contribution >= 0.6 is 0 Å². The fourth-order valence-corrected chi connectivity index (χ4v) is 3.75. The zero-order valence-electron chi connectivity index (χ0n) is 12.0. The highest BCUT2D eigenvalue weighted by atomic mass is 32.2. The van der Waals surface area contributed by atoms with E-state index in [1.165, 1.54) is 6.08 Å². The molecule has 1 aromatic heterocycles. The molecule has 0 unspecified atom stereocenters. The summed E-state index contributed by atoms with van der Waals surface area (Å²) in [6, 6.07) is 7.09. The molecule has 1 atom stereocenters. The standard InChI is InChI=1S/C15H16N2O4S/c1-21-13-2-3-14-11(8-13)4-6-17(14)9-15(18)16-12-5-7-22(19,20)10-12/h2-8,12H,9-10H2,1H3,(H,16,18)/t12-/m0/s1. The van der Waals surface area contributed by atoms with Crippen molar-refractivity contribution in [3.8, 4) is 5.75 Å². The minimum atomic E-state index is -3.16. The lowest BCUT2D eigenvalue weighted by Gasteiger charge is -2.11. The molecular formula is C15H16N2O4S. The number of carbonyl (C=O) groups is 1. The smallest absolute Gasteiger partial charge is 0.240 e. The van der Waals surface area contributed by atoms with Crippen molar-refractivity contribution in [3.05, 3.63) is 41.9 Å². The maximum atomic E-state index is 12.1. The summed E-state index contributed by atoms with van der Waals surface area (Å²) in [5, 5.41) is 4.84. The Hall–Kier alpha value is -2.28. The molecule has 3 rings (SSSR count). The highest BCUT2D eigenvalue weighted by Gasteiger charge is 2.23. The van der Waals surface area contributed by atoms with Crippen LogP contribution in [0.3, 0.4) is 0 Å². The summed E-state index contributed by atoms with van der Waals surface area (Å²) in [5.41, 5.74) is 0.922. The Labute approximate surface area is 128 Å². The van der Waals surface area contributed by atoms with Crippen molar-refractivity contribution in [1.29, 1.82) is 0 Å². The van der Waals surface area contributed by atoms with E-state index in [1.807, 2.05) is 35.0 Å². The topological polar surface area (TPSA) is 77.4 Å². The Balaban J connectivity index is 1.71. The van der Waals surface area contributed by atoms with E-state index in [1.54, 1.807) is 7.11 Å². The van der Waals surface area contributed by atoms with E-state index in [2.05, 4.69) is 5.32 Å². The molecule has 2 aromatic rings. The van der Waals surface area contributed by atoms with Gasteiger partial charge in [-0.2, -0.15) is 0 Å². The average Bonchev–Trinajstić information content (AvgIpc) is 3.01. The summed E-state index contributed by atoms with van der Waals surface area (Å²) in [4.78, 5) is 12.1. The van der Waals surface area contributed by atoms with Gasteiger partial charge >= 0.3 is 0 Å². The van der Waals surface area contributed by atoms with E-state index in [0.717, 1.165) is 22.1 Å². The molecular weight excluding hydrogens is 304 g/mol. The van der Waals surface area contributed by atoms with Gasteiger partial charge in [-0.25, -0.2) is 8.42 Å². The number of nitrogens with zero attached hydrogens (tertiary/aromatic N) is 1. The van der Waals surface area contributed by atoms with Crippen LogP contribution in [0, 0.1) is 0 Å². The Morgan fingerprint density at radius 3 is 2.91 bits per heavy atom. The molecule has 2 heterocycles.